The summed E-state index contributed by atoms with van der Waals surface area (Å²) in [6, 6.07) is 7.42. The van der Waals surface area contributed by atoms with Crippen LogP contribution in [0.4, 0.5) is 0 Å². The molecule has 1 unspecified atom stereocenters. The fourth-order valence-electron chi connectivity index (χ4n) is 2.28. The third-order valence-electron chi connectivity index (χ3n) is 3.29. The topological polar surface area (TPSA) is 37.4 Å². The molecule has 2 aliphatic heterocycles. The summed E-state index contributed by atoms with van der Waals surface area (Å²) >= 11 is 9.04. The summed E-state index contributed by atoms with van der Waals surface area (Å²) in [5.41, 5.74) is 1.58. The monoisotopic (exact) mass is 337 g/mol. The van der Waals surface area contributed by atoms with Crippen molar-refractivity contribution in [3.8, 4) is 0 Å². The molecule has 1 fully saturated rings. The maximum absolute atomic E-state index is 12.5. The van der Waals surface area contributed by atoms with Gasteiger partial charge >= 0.3 is 0 Å². The molecule has 6 heteroatoms. The lowest BCUT2D eigenvalue weighted by Gasteiger charge is -2.13. The van der Waals surface area contributed by atoms with Crippen molar-refractivity contribution in [1.29, 1.82) is 0 Å². The van der Waals surface area contributed by atoms with Crippen LogP contribution in [0.2, 0.25) is 5.02 Å². The van der Waals surface area contributed by atoms with E-state index in [0.29, 0.717) is 14.8 Å². The van der Waals surface area contributed by atoms with Gasteiger partial charge in [-0.2, -0.15) is 0 Å². The van der Waals surface area contributed by atoms with Gasteiger partial charge in [0.15, 0.2) is 5.78 Å². The first-order valence-corrected chi connectivity index (χ1v) is 8.47. The van der Waals surface area contributed by atoms with Gasteiger partial charge in [-0.1, -0.05) is 53.3 Å². The molecule has 0 saturated carbocycles. The third kappa shape index (κ3) is 2.54. The Kier molecular flexibility index (Phi) is 3.90. The molecule has 3 nitrogen and oxygen atoms in total. The van der Waals surface area contributed by atoms with Crippen LogP contribution < -0.4 is 0 Å². The molecule has 1 aromatic carbocycles. The zero-order valence-corrected chi connectivity index (χ0v) is 13.8. The molecule has 1 aromatic rings. The van der Waals surface area contributed by atoms with Gasteiger partial charge in [-0.15, -0.1) is 0 Å². The predicted molar refractivity (Wildman–Crippen MR) is 88.6 cm³/mol. The van der Waals surface area contributed by atoms with E-state index in [1.165, 1.54) is 30.4 Å². The van der Waals surface area contributed by atoms with Crippen molar-refractivity contribution in [1.82, 2.24) is 4.90 Å². The van der Waals surface area contributed by atoms with Gasteiger partial charge in [0.2, 0.25) is 0 Å². The van der Waals surface area contributed by atoms with Crippen LogP contribution in [-0.2, 0) is 9.59 Å². The van der Waals surface area contributed by atoms with Crippen molar-refractivity contribution in [2.75, 3.05) is 0 Å². The standard InChI is InChI=1S/C15H12ClNO2S2/c1-8-13(9(2)18)21-15-17(8)14(19)12(20-15)7-10-5-3-4-6-11(10)16/h3-7,15H,1-2H3/b12-7-. The molecule has 0 aromatic heterocycles. The summed E-state index contributed by atoms with van der Waals surface area (Å²) in [7, 11) is 0. The van der Waals surface area contributed by atoms with Crippen LogP contribution in [0.1, 0.15) is 19.4 Å². The van der Waals surface area contributed by atoms with Crippen LogP contribution in [0.25, 0.3) is 6.08 Å². The van der Waals surface area contributed by atoms with Crippen molar-refractivity contribution >= 4 is 52.9 Å². The lowest BCUT2D eigenvalue weighted by Crippen LogP contribution is -2.25. The van der Waals surface area contributed by atoms with Crippen LogP contribution in [0.15, 0.2) is 39.8 Å². The Morgan fingerprint density at radius 3 is 2.67 bits per heavy atom. The largest absolute Gasteiger partial charge is 0.294 e. The highest BCUT2D eigenvalue weighted by Gasteiger charge is 2.44. The van der Waals surface area contributed by atoms with E-state index in [1.54, 1.807) is 11.0 Å². The second-order valence-corrected chi connectivity index (χ2v) is 7.64. The molecule has 0 aliphatic carbocycles. The van der Waals surface area contributed by atoms with Gasteiger partial charge in [0.25, 0.3) is 5.91 Å². The minimum Gasteiger partial charge on any atom is -0.294 e. The molecule has 1 saturated heterocycles. The number of thioether (sulfide) groups is 2. The molecule has 1 atom stereocenters. The van der Waals surface area contributed by atoms with Crippen molar-refractivity contribution in [2.24, 2.45) is 0 Å². The van der Waals surface area contributed by atoms with Gasteiger partial charge in [0.1, 0.15) is 4.71 Å². The van der Waals surface area contributed by atoms with Gasteiger partial charge in [0, 0.05) is 10.7 Å². The van der Waals surface area contributed by atoms with E-state index < -0.39 is 0 Å². The Bertz CT molecular complexity index is 711. The minimum absolute atomic E-state index is 0.0110. The number of Topliss-reactive ketones (excluding diaryl/α,β-unsaturated/α-hetero) is 1. The van der Waals surface area contributed by atoms with Gasteiger partial charge in [0.05, 0.1) is 9.81 Å². The highest BCUT2D eigenvalue weighted by atomic mass is 35.5. The summed E-state index contributed by atoms with van der Waals surface area (Å²) in [4.78, 5) is 27.1. The van der Waals surface area contributed by atoms with Crippen molar-refractivity contribution in [3.63, 3.8) is 0 Å². The second-order valence-electron chi connectivity index (χ2n) is 4.72. The van der Waals surface area contributed by atoms with Crippen molar-refractivity contribution in [2.45, 2.75) is 18.6 Å². The van der Waals surface area contributed by atoms with E-state index in [9.17, 15) is 9.59 Å². The first-order chi connectivity index (χ1) is 9.99. The summed E-state index contributed by atoms with van der Waals surface area (Å²) in [6.07, 6.45) is 1.81. The highest BCUT2D eigenvalue weighted by molar-refractivity contribution is 8.21. The lowest BCUT2D eigenvalue weighted by atomic mass is 10.2. The van der Waals surface area contributed by atoms with Crippen molar-refractivity contribution in [3.05, 3.63) is 50.4 Å². The van der Waals surface area contributed by atoms with Crippen molar-refractivity contribution < 1.29 is 9.59 Å². The number of hydrogen-bond acceptors (Lipinski definition) is 4. The average molecular weight is 338 g/mol. The quantitative estimate of drug-likeness (QED) is 0.761. The van der Waals surface area contributed by atoms with E-state index in [0.717, 1.165) is 11.3 Å². The molecular formula is C15H12ClNO2S2. The summed E-state index contributed by atoms with van der Waals surface area (Å²) < 4.78 is -0.0786. The van der Waals surface area contributed by atoms with Gasteiger partial charge in [-0.05, 0) is 31.6 Å². The second kappa shape index (κ2) is 5.55. The molecule has 2 heterocycles. The van der Waals surface area contributed by atoms with Gasteiger partial charge < -0.3 is 0 Å². The van der Waals surface area contributed by atoms with E-state index in [-0.39, 0.29) is 16.4 Å². The first kappa shape index (κ1) is 14.8. The smallest absolute Gasteiger partial charge is 0.266 e. The SMILES string of the molecule is CC(=O)C1=C(C)N2C(=O)/C(=C/c3ccccc3Cl)SC2S1. The van der Waals surface area contributed by atoms with Gasteiger partial charge in [-0.25, -0.2) is 0 Å². The number of amides is 1. The fraction of sp³-hybridized carbons (Fsp3) is 0.200. The number of ketones is 1. The Morgan fingerprint density at radius 1 is 1.33 bits per heavy atom. The summed E-state index contributed by atoms with van der Waals surface area (Å²) in [5.74, 6) is -0.0527. The molecular weight excluding hydrogens is 326 g/mol. The summed E-state index contributed by atoms with van der Waals surface area (Å²) in [6.45, 7) is 3.35. The first-order valence-electron chi connectivity index (χ1n) is 6.34. The van der Waals surface area contributed by atoms with Crippen LogP contribution in [0.5, 0.6) is 0 Å². The zero-order valence-electron chi connectivity index (χ0n) is 11.4. The molecule has 1 amide bonds. The molecule has 3 rings (SSSR count). The highest BCUT2D eigenvalue weighted by Crippen LogP contribution is 2.52. The van der Waals surface area contributed by atoms with E-state index in [1.807, 2.05) is 31.2 Å². The number of hydrogen-bond donors (Lipinski definition) is 0. The number of carbonyl (C=O) groups excluding carboxylic acids is 2. The number of rotatable bonds is 2. The molecule has 0 N–H and O–H groups in total. The predicted octanol–water partition coefficient (Wildman–Crippen LogP) is 4.11. The summed E-state index contributed by atoms with van der Waals surface area (Å²) in [5, 5.41) is 0.620. The Balaban J connectivity index is 1.93. The number of fused-ring (bicyclic) bond motifs is 1. The number of allylic oxidation sites excluding steroid dienone is 2. The maximum Gasteiger partial charge on any atom is 0.266 e. The minimum atomic E-state index is -0.0786. The van der Waals surface area contributed by atoms with E-state index >= 15 is 0 Å². The number of carbonyl (C=O) groups is 2. The third-order valence-corrected chi connectivity index (χ3v) is 6.40. The maximum atomic E-state index is 12.5. The molecule has 0 radical (unpaired) electrons. The molecule has 21 heavy (non-hydrogen) atoms. The van der Waals surface area contributed by atoms with Crippen LogP contribution in [0, 0.1) is 0 Å². The zero-order chi connectivity index (χ0) is 15.1. The number of benzene rings is 1. The Morgan fingerprint density at radius 2 is 2.05 bits per heavy atom. The van der Waals surface area contributed by atoms with Crippen LogP contribution >= 0.6 is 35.1 Å². The fourth-order valence-corrected chi connectivity index (χ4v) is 5.22. The number of halogens is 1. The lowest BCUT2D eigenvalue weighted by molar-refractivity contribution is -0.123. The van der Waals surface area contributed by atoms with E-state index in [2.05, 4.69) is 0 Å². The molecule has 0 bridgehead atoms. The van der Waals surface area contributed by atoms with Crippen LogP contribution in [-0.4, -0.2) is 21.3 Å². The number of nitrogens with zero attached hydrogens (tertiary/aromatic N) is 1. The normalized spacial score (nSPS) is 23.2. The molecule has 108 valence electrons. The van der Waals surface area contributed by atoms with Gasteiger partial charge in [-0.3, -0.25) is 14.5 Å². The Hall–Kier alpha value is -1.17. The van der Waals surface area contributed by atoms with Crippen LogP contribution in [0.3, 0.4) is 0 Å². The Labute approximate surface area is 136 Å². The van der Waals surface area contributed by atoms with E-state index in [4.69, 9.17) is 11.6 Å². The molecule has 0 spiro atoms. The molecule has 2 aliphatic rings. The average Bonchev–Trinajstić information content (AvgIpc) is 2.91.